The number of hydrogen-bond donors (Lipinski definition) is 1. The summed E-state index contributed by atoms with van der Waals surface area (Å²) >= 11 is 6.10. The Morgan fingerprint density at radius 1 is 1.16 bits per heavy atom. The summed E-state index contributed by atoms with van der Waals surface area (Å²) in [5.74, 6) is -2.76. The molecule has 4 rings (SSSR count). The van der Waals surface area contributed by atoms with E-state index in [-0.39, 0.29) is 5.82 Å². The van der Waals surface area contributed by atoms with Crippen molar-refractivity contribution in [3.8, 4) is 11.3 Å². The SMILES string of the molecule is O=C(NC1(COC(=O)C(F)(F)F)CCCC1)c1nc(-c2cccc(Cl)c2)c2ccccn12. The van der Waals surface area contributed by atoms with E-state index < -0.39 is 30.2 Å². The molecule has 0 saturated heterocycles. The van der Waals surface area contributed by atoms with E-state index in [1.54, 1.807) is 40.9 Å². The summed E-state index contributed by atoms with van der Waals surface area (Å²) < 4.78 is 43.8. The molecule has 0 atom stereocenters. The van der Waals surface area contributed by atoms with Gasteiger partial charge in [0.2, 0.25) is 5.82 Å². The minimum atomic E-state index is -5.09. The first kappa shape index (κ1) is 22.1. The third kappa shape index (κ3) is 4.43. The third-order valence-electron chi connectivity index (χ3n) is 5.50. The topological polar surface area (TPSA) is 72.7 Å². The molecule has 168 valence electrons. The monoisotopic (exact) mass is 465 g/mol. The highest BCUT2D eigenvalue weighted by molar-refractivity contribution is 6.30. The lowest BCUT2D eigenvalue weighted by molar-refractivity contribution is -0.201. The lowest BCUT2D eigenvalue weighted by atomic mass is 9.98. The molecule has 10 heteroatoms. The quantitative estimate of drug-likeness (QED) is 0.549. The van der Waals surface area contributed by atoms with Crippen LogP contribution in [0.4, 0.5) is 13.2 Å². The standard InChI is InChI=1S/C22H19ClF3N3O3/c23-15-7-5-6-14(12-15)17-16-8-1-4-11-29(16)18(27-17)19(30)28-21(9-2-3-10-21)13-32-20(31)22(24,25)26/h1,4-8,11-12H,2-3,9-10,13H2,(H,28,30). The second-order valence-corrected chi connectivity index (χ2v) is 8.20. The number of benzene rings is 1. The van der Waals surface area contributed by atoms with Gasteiger partial charge in [0.1, 0.15) is 6.61 Å². The lowest BCUT2D eigenvalue weighted by Crippen LogP contribution is -2.51. The first-order chi connectivity index (χ1) is 15.2. The summed E-state index contributed by atoms with van der Waals surface area (Å²) in [7, 11) is 0. The number of esters is 1. The van der Waals surface area contributed by atoms with Crippen LogP contribution in [0.1, 0.15) is 36.3 Å². The number of hydrogen-bond acceptors (Lipinski definition) is 4. The van der Waals surface area contributed by atoms with E-state index in [4.69, 9.17) is 11.6 Å². The summed E-state index contributed by atoms with van der Waals surface area (Å²) in [6.45, 7) is -0.554. The van der Waals surface area contributed by atoms with Crippen molar-refractivity contribution in [2.45, 2.75) is 37.4 Å². The fourth-order valence-electron chi connectivity index (χ4n) is 3.99. The molecule has 1 aromatic carbocycles. The van der Waals surface area contributed by atoms with Crippen LogP contribution in [0.5, 0.6) is 0 Å². The number of halogens is 4. The zero-order valence-electron chi connectivity index (χ0n) is 16.8. The second kappa shape index (κ2) is 8.46. The van der Waals surface area contributed by atoms with Gasteiger partial charge in [-0.3, -0.25) is 9.20 Å². The molecule has 0 bridgehead atoms. The normalized spacial score (nSPS) is 15.6. The van der Waals surface area contributed by atoms with Crippen molar-refractivity contribution in [3.63, 3.8) is 0 Å². The Morgan fingerprint density at radius 3 is 2.59 bits per heavy atom. The Balaban J connectivity index is 1.64. The van der Waals surface area contributed by atoms with Crippen LogP contribution in [0.15, 0.2) is 48.7 Å². The summed E-state index contributed by atoms with van der Waals surface area (Å²) in [6.07, 6.45) is -1.23. The number of imidazole rings is 1. The Morgan fingerprint density at radius 2 is 1.91 bits per heavy atom. The lowest BCUT2D eigenvalue weighted by Gasteiger charge is -2.29. The number of nitrogens with zero attached hydrogens (tertiary/aromatic N) is 2. The molecule has 2 aromatic heterocycles. The molecule has 1 fully saturated rings. The summed E-state index contributed by atoms with van der Waals surface area (Å²) in [6, 6.07) is 12.4. The second-order valence-electron chi connectivity index (χ2n) is 7.77. The summed E-state index contributed by atoms with van der Waals surface area (Å²) in [4.78, 5) is 28.9. The van der Waals surface area contributed by atoms with Crippen LogP contribution in [0, 0.1) is 0 Å². The maximum Gasteiger partial charge on any atom is 0.490 e. The van der Waals surface area contributed by atoms with E-state index >= 15 is 0 Å². The predicted molar refractivity (Wildman–Crippen MR) is 111 cm³/mol. The zero-order valence-corrected chi connectivity index (χ0v) is 17.5. The number of pyridine rings is 1. The molecule has 0 aliphatic heterocycles. The number of carbonyl (C=O) groups excluding carboxylic acids is 2. The van der Waals surface area contributed by atoms with Crippen molar-refractivity contribution in [1.82, 2.24) is 14.7 Å². The number of carbonyl (C=O) groups is 2. The van der Waals surface area contributed by atoms with Gasteiger partial charge in [0.15, 0.2) is 0 Å². The van der Waals surface area contributed by atoms with Gasteiger partial charge in [-0.15, -0.1) is 0 Å². The largest absolute Gasteiger partial charge is 0.490 e. The van der Waals surface area contributed by atoms with Gasteiger partial charge in [-0.25, -0.2) is 9.78 Å². The average molecular weight is 466 g/mol. The third-order valence-corrected chi connectivity index (χ3v) is 5.74. The molecular formula is C22H19ClF3N3O3. The molecule has 1 aliphatic carbocycles. The molecule has 2 heterocycles. The maximum atomic E-state index is 13.2. The number of alkyl halides is 3. The van der Waals surface area contributed by atoms with E-state index in [0.29, 0.717) is 41.9 Å². The van der Waals surface area contributed by atoms with E-state index in [1.807, 2.05) is 12.1 Å². The first-order valence-corrected chi connectivity index (χ1v) is 10.4. The Hall–Kier alpha value is -3.07. The van der Waals surface area contributed by atoms with Gasteiger partial charge < -0.3 is 10.1 Å². The molecule has 1 N–H and O–H groups in total. The number of fused-ring (bicyclic) bond motifs is 1. The van der Waals surface area contributed by atoms with Gasteiger partial charge in [0, 0.05) is 16.8 Å². The molecule has 6 nitrogen and oxygen atoms in total. The molecule has 1 aliphatic rings. The van der Waals surface area contributed by atoms with Crippen molar-refractivity contribution in [2.24, 2.45) is 0 Å². The zero-order chi connectivity index (χ0) is 22.9. The van der Waals surface area contributed by atoms with Gasteiger partial charge in [-0.2, -0.15) is 13.2 Å². The molecular weight excluding hydrogens is 447 g/mol. The average Bonchev–Trinajstić information content (AvgIpc) is 3.36. The highest BCUT2D eigenvalue weighted by Gasteiger charge is 2.44. The molecule has 32 heavy (non-hydrogen) atoms. The number of amides is 1. The highest BCUT2D eigenvalue weighted by Crippen LogP contribution is 2.32. The molecule has 0 spiro atoms. The number of rotatable bonds is 5. The van der Waals surface area contributed by atoms with Gasteiger partial charge in [-0.05, 0) is 37.1 Å². The van der Waals surface area contributed by atoms with Crippen molar-refractivity contribution in [1.29, 1.82) is 0 Å². The van der Waals surface area contributed by atoms with Crippen LogP contribution < -0.4 is 5.32 Å². The van der Waals surface area contributed by atoms with E-state index in [1.165, 1.54) is 0 Å². The fourth-order valence-corrected chi connectivity index (χ4v) is 4.18. The molecule has 0 unspecified atom stereocenters. The Bertz CT molecular complexity index is 1170. The van der Waals surface area contributed by atoms with E-state index in [2.05, 4.69) is 15.0 Å². The molecule has 3 aromatic rings. The van der Waals surface area contributed by atoms with Crippen molar-refractivity contribution >= 4 is 29.0 Å². The van der Waals surface area contributed by atoms with E-state index in [0.717, 1.165) is 5.56 Å². The molecule has 1 saturated carbocycles. The first-order valence-electron chi connectivity index (χ1n) is 9.98. The molecule has 1 amide bonds. The van der Waals surface area contributed by atoms with Crippen LogP contribution in [0.25, 0.3) is 16.8 Å². The minimum absolute atomic E-state index is 0.0731. The van der Waals surface area contributed by atoms with Gasteiger partial charge >= 0.3 is 12.1 Å². The predicted octanol–water partition coefficient (Wildman–Crippen LogP) is 4.80. The van der Waals surface area contributed by atoms with Crippen LogP contribution >= 0.6 is 11.6 Å². The van der Waals surface area contributed by atoms with Crippen LogP contribution in [0.2, 0.25) is 5.02 Å². The van der Waals surface area contributed by atoms with Crippen molar-refractivity contribution in [2.75, 3.05) is 6.61 Å². The molecule has 0 radical (unpaired) electrons. The van der Waals surface area contributed by atoms with E-state index in [9.17, 15) is 22.8 Å². The number of aromatic nitrogens is 2. The van der Waals surface area contributed by atoms with Gasteiger partial charge in [0.25, 0.3) is 5.91 Å². The smallest absolute Gasteiger partial charge is 0.457 e. The Kier molecular flexibility index (Phi) is 5.85. The van der Waals surface area contributed by atoms with Crippen LogP contribution in [-0.4, -0.2) is 39.6 Å². The summed E-state index contributed by atoms with van der Waals surface area (Å²) in [5, 5.41) is 3.31. The fraction of sp³-hybridized carbons (Fsp3) is 0.318. The van der Waals surface area contributed by atoms with Crippen LogP contribution in [-0.2, 0) is 9.53 Å². The van der Waals surface area contributed by atoms with Crippen LogP contribution in [0.3, 0.4) is 0 Å². The summed E-state index contributed by atoms with van der Waals surface area (Å²) in [5.41, 5.74) is 0.857. The number of ether oxygens (including phenoxy) is 1. The number of nitrogens with one attached hydrogen (secondary N) is 1. The van der Waals surface area contributed by atoms with Crippen molar-refractivity contribution < 1.29 is 27.5 Å². The van der Waals surface area contributed by atoms with Gasteiger partial charge in [-0.1, -0.05) is 42.6 Å². The maximum absolute atomic E-state index is 13.2. The highest BCUT2D eigenvalue weighted by atomic mass is 35.5. The van der Waals surface area contributed by atoms with Gasteiger partial charge in [0.05, 0.1) is 16.7 Å². The Labute approximate surface area is 186 Å². The minimum Gasteiger partial charge on any atom is -0.457 e. The van der Waals surface area contributed by atoms with Crippen molar-refractivity contribution in [3.05, 3.63) is 59.5 Å².